The van der Waals surface area contributed by atoms with Gasteiger partial charge in [0.2, 0.25) is 10.0 Å². The van der Waals surface area contributed by atoms with Crippen molar-refractivity contribution in [3.05, 3.63) is 18.0 Å². The van der Waals surface area contributed by atoms with Crippen LogP contribution in [0.4, 0.5) is 0 Å². The van der Waals surface area contributed by atoms with Crippen molar-refractivity contribution in [1.82, 2.24) is 14.2 Å². The van der Waals surface area contributed by atoms with Crippen LogP contribution in [0, 0.1) is 0 Å². The van der Waals surface area contributed by atoms with Crippen LogP contribution in [0.15, 0.2) is 17.2 Å². The predicted molar refractivity (Wildman–Crippen MR) is 81.6 cm³/mol. The SMILES string of the molecule is CNCc1cc(S(=O)(=O)N2CC(C)OC(C)(C)C2)cn1C. The lowest BCUT2D eigenvalue weighted by Crippen LogP contribution is -2.53. The number of hydrogen-bond donors (Lipinski definition) is 1. The van der Waals surface area contributed by atoms with Crippen LogP contribution in [-0.4, -0.2) is 49.1 Å². The van der Waals surface area contributed by atoms with Crippen molar-refractivity contribution in [3.8, 4) is 0 Å². The van der Waals surface area contributed by atoms with E-state index in [1.165, 1.54) is 4.31 Å². The molecule has 0 spiro atoms. The quantitative estimate of drug-likeness (QED) is 0.898. The van der Waals surface area contributed by atoms with Crippen LogP contribution in [-0.2, 0) is 28.4 Å². The van der Waals surface area contributed by atoms with Gasteiger partial charge in [0.15, 0.2) is 0 Å². The molecule has 0 aromatic carbocycles. The highest BCUT2D eigenvalue weighted by Gasteiger charge is 2.38. The summed E-state index contributed by atoms with van der Waals surface area (Å²) >= 11 is 0. The molecule has 0 radical (unpaired) electrons. The molecule has 21 heavy (non-hydrogen) atoms. The molecule has 1 aliphatic rings. The van der Waals surface area contributed by atoms with E-state index in [1.807, 2.05) is 39.4 Å². The van der Waals surface area contributed by atoms with Gasteiger partial charge in [0, 0.05) is 38.6 Å². The summed E-state index contributed by atoms with van der Waals surface area (Å²) in [7, 11) is 0.218. The summed E-state index contributed by atoms with van der Waals surface area (Å²) in [4.78, 5) is 0.347. The highest BCUT2D eigenvalue weighted by atomic mass is 32.2. The van der Waals surface area contributed by atoms with Crippen LogP contribution < -0.4 is 5.32 Å². The Kier molecular flexibility index (Phi) is 4.49. The first kappa shape index (κ1) is 16.5. The van der Waals surface area contributed by atoms with E-state index in [1.54, 1.807) is 12.3 Å². The fourth-order valence-electron chi connectivity index (χ4n) is 2.80. The molecule has 2 heterocycles. The first-order chi connectivity index (χ1) is 9.65. The molecular formula is C14H25N3O3S. The van der Waals surface area contributed by atoms with Crippen molar-refractivity contribution in [2.45, 2.75) is 43.9 Å². The third-order valence-corrected chi connectivity index (χ3v) is 5.39. The van der Waals surface area contributed by atoms with Crippen molar-refractivity contribution >= 4 is 10.0 Å². The summed E-state index contributed by atoms with van der Waals surface area (Å²) in [6, 6.07) is 1.74. The summed E-state index contributed by atoms with van der Waals surface area (Å²) in [5.41, 5.74) is 0.476. The maximum Gasteiger partial charge on any atom is 0.244 e. The number of hydrogen-bond acceptors (Lipinski definition) is 4. The molecule has 1 fully saturated rings. The second-order valence-electron chi connectivity index (χ2n) is 6.29. The summed E-state index contributed by atoms with van der Waals surface area (Å²) in [5.74, 6) is 0. The molecular weight excluding hydrogens is 290 g/mol. The van der Waals surface area contributed by atoms with Crippen molar-refractivity contribution in [2.24, 2.45) is 7.05 Å². The minimum absolute atomic E-state index is 0.107. The van der Waals surface area contributed by atoms with Crippen molar-refractivity contribution in [2.75, 3.05) is 20.1 Å². The zero-order valence-corrected chi connectivity index (χ0v) is 14.2. The van der Waals surface area contributed by atoms with Gasteiger partial charge in [-0.3, -0.25) is 0 Å². The van der Waals surface area contributed by atoms with Gasteiger partial charge >= 0.3 is 0 Å². The first-order valence-electron chi connectivity index (χ1n) is 7.13. The Bertz CT molecular complexity index is 607. The van der Waals surface area contributed by atoms with Crippen molar-refractivity contribution in [3.63, 3.8) is 0 Å². The van der Waals surface area contributed by atoms with Crippen LogP contribution in [0.2, 0.25) is 0 Å². The Morgan fingerprint density at radius 2 is 2.14 bits per heavy atom. The normalized spacial score (nSPS) is 23.4. The minimum Gasteiger partial charge on any atom is -0.370 e. The lowest BCUT2D eigenvalue weighted by atomic mass is 10.1. The van der Waals surface area contributed by atoms with Crippen LogP contribution in [0.1, 0.15) is 26.5 Å². The largest absolute Gasteiger partial charge is 0.370 e. The Balaban J connectivity index is 2.31. The van der Waals surface area contributed by atoms with Crippen LogP contribution in [0.3, 0.4) is 0 Å². The third-order valence-electron chi connectivity index (χ3n) is 3.62. The average Bonchev–Trinajstić information content (AvgIpc) is 2.69. The third kappa shape index (κ3) is 3.48. The standard InChI is InChI=1S/C14H25N3O3S/c1-11-8-17(10-14(2,3)20-11)21(18,19)13-6-12(7-15-4)16(5)9-13/h6,9,11,15H,7-8,10H2,1-5H3. The van der Waals surface area contributed by atoms with E-state index in [4.69, 9.17) is 4.74 Å². The Morgan fingerprint density at radius 3 is 2.71 bits per heavy atom. The van der Waals surface area contributed by atoms with E-state index in [0.717, 1.165) is 5.69 Å². The maximum absolute atomic E-state index is 12.8. The molecule has 6 nitrogen and oxygen atoms in total. The van der Waals surface area contributed by atoms with Gasteiger partial charge < -0.3 is 14.6 Å². The number of aryl methyl sites for hydroxylation is 1. The molecule has 1 aromatic heterocycles. The number of nitrogens with zero attached hydrogens (tertiary/aromatic N) is 2. The molecule has 0 amide bonds. The van der Waals surface area contributed by atoms with Crippen LogP contribution in [0.25, 0.3) is 0 Å². The average molecular weight is 315 g/mol. The van der Waals surface area contributed by atoms with Crippen LogP contribution in [0.5, 0.6) is 0 Å². The van der Waals surface area contributed by atoms with Gasteiger partial charge in [-0.15, -0.1) is 0 Å². The molecule has 0 aliphatic carbocycles. The summed E-state index contributed by atoms with van der Waals surface area (Å²) < 4.78 is 34.8. The van der Waals surface area contributed by atoms with E-state index >= 15 is 0 Å². The minimum atomic E-state index is -3.48. The van der Waals surface area contributed by atoms with Gasteiger partial charge in [-0.25, -0.2) is 8.42 Å². The molecule has 0 bridgehead atoms. The zero-order chi connectivity index (χ0) is 15.8. The number of morpholine rings is 1. The molecule has 1 aromatic rings. The topological polar surface area (TPSA) is 63.6 Å². The van der Waals surface area contributed by atoms with E-state index in [2.05, 4.69) is 5.32 Å². The Morgan fingerprint density at radius 1 is 1.48 bits per heavy atom. The number of ether oxygens (including phenoxy) is 1. The molecule has 120 valence electrons. The molecule has 1 N–H and O–H groups in total. The van der Waals surface area contributed by atoms with Gasteiger partial charge in [-0.05, 0) is 33.9 Å². The molecule has 7 heteroatoms. The van der Waals surface area contributed by atoms with E-state index in [9.17, 15) is 8.42 Å². The second kappa shape index (κ2) is 5.72. The molecule has 1 atom stereocenters. The Hall–Kier alpha value is -0.890. The molecule has 2 rings (SSSR count). The number of sulfonamides is 1. The monoisotopic (exact) mass is 315 g/mol. The van der Waals surface area contributed by atoms with Gasteiger partial charge in [-0.2, -0.15) is 4.31 Å². The molecule has 1 saturated heterocycles. The highest BCUT2D eigenvalue weighted by molar-refractivity contribution is 7.89. The fourth-order valence-corrected chi connectivity index (χ4v) is 4.56. The predicted octanol–water partition coefficient (Wildman–Crippen LogP) is 0.932. The smallest absolute Gasteiger partial charge is 0.244 e. The molecule has 1 aliphatic heterocycles. The van der Waals surface area contributed by atoms with Crippen molar-refractivity contribution in [1.29, 1.82) is 0 Å². The van der Waals surface area contributed by atoms with Crippen LogP contribution >= 0.6 is 0 Å². The highest BCUT2D eigenvalue weighted by Crippen LogP contribution is 2.27. The summed E-state index contributed by atoms with van der Waals surface area (Å²) in [6.07, 6.45) is 1.57. The van der Waals surface area contributed by atoms with Crippen molar-refractivity contribution < 1.29 is 13.2 Å². The second-order valence-corrected chi connectivity index (χ2v) is 8.23. The van der Waals surface area contributed by atoms with Gasteiger partial charge in [-0.1, -0.05) is 0 Å². The van der Waals surface area contributed by atoms with Gasteiger partial charge in [0.05, 0.1) is 11.7 Å². The zero-order valence-electron chi connectivity index (χ0n) is 13.4. The van der Waals surface area contributed by atoms with Gasteiger partial charge in [0.1, 0.15) is 4.90 Å². The maximum atomic E-state index is 12.8. The first-order valence-corrected chi connectivity index (χ1v) is 8.57. The molecule has 1 unspecified atom stereocenters. The number of nitrogens with one attached hydrogen (secondary N) is 1. The number of aromatic nitrogens is 1. The summed E-state index contributed by atoms with van der Waals surface area (Å²) in [5, 5.41) is 3.04. The number of rotatable bonds is 4. The van der Waals surface area contributed by atoms with E-state index in [-0.39, 0.29) is 6.10 Å². The van der Waals surface area contributed by atoms with Gasteiger partial charge in [0.25, 0.3) is 0 Å². The summed E-state index contributed by atoms with van der Waals surface area (Å²) in [6.45, 7) is 7.14. The molecule has 0 saturated carbocycles. The fraction of sp³-hybridized carbons (Fsp3) is 0.714. The van der Waals surface area contributed by atoms with E-state index in [0.29, 0.717) is 24.5 Å². The van der Waals surface area contributed by atoms with E-state index < -0.39 is 15.6 Å². The lowest BCUT2D eigenvalue weighted by molar-refractivity contribution is -0.109. The lowest BCUT2D eigenvalue weighted by Gasteiger charge is -2.40. The Labute approximate surface area is 127 Å².